The molecule has 1 N–H and O–H groups in total. The SMILES string of the molecule is CCOC(=O)C(COC(=O)Oc1c(F)cc(NC(=O)c2ccccc2-c2ccc(C(F)(F)F)cc2)c(OC(C)C)c1F)(C(=O)OCC)c1cccs1. The number of halogens is 5. The van der Waals surface area contributed by atoms with Crippen LogP contribution in [-0.4, -0.2) is 49.9 Å². The van der Waals surface area contributed by atoms with Crippen molar-refractivity contribution in [1.29, 1.82) is 0 Å². The van der Waals surface area contributed by atoms with E-state index < -0.39 is 82.7 Å². The molecule has 10 nitrogen and oxygen atoms in total. The van der Waals surface area contributed by atoms with Crippen LogP contribution in [-0.2, 0) is 35.4 Å². The highest BCUT2D eigenvalue weighted by molar-refractivity contribution is 7.10. The Bertz CT molecular complexity index is 1890. The van der Waals surface area contributed by atoms with Gasteiger partial charge in [0.05, 0.1) is 30.6 Å². The summed E-state index contributed by atoms with van der Waals surface area (Å²) in [4.78, 5) is 52.7. The Kier molecular flexibility index (Phi) is 12.6. The summed E-state index contributed by atoms with van der Waals surface area (Å²) in [5.74, 6) is -8.18. The van der Waals surface area contributed by atoms with Crippen molar-refractivity contribution < 1.29 is 64.8 Å². The fraction of sp³-hybridized carbons (Fsp3) is 0.278. The number of anilines is 1. The zero-order valence-corrected chi connectivity index (χ0v) is 28.9. The van der Waals surface area contributed by atoms with Crippen LogP contribution in [0.1, 0.15) is 48.5 Å². The molecule has 0 saturated heterocycles. The van der Waals surface area contributed by atoms with Crippen molar-refractivity contribution in [1.82, 2.24) is 0 Å². The number of thiophene rings is 1. The lowest BCUT2D eigenvalue weighted by atomic mass is 9.87. The summed E-state index contributed by atoms with van der Waals surface area (Å²) in [6.07, 6.45) is -7.05. The number of esters is 2. The van der Waals surface area contributed by atoms with Crippen molar-refractivity contribution >= 4 is 41.0 Å². The lowest BCUT2D eigenvalue weighted by Gasteiger charge is -2.27. The number of carbonyl (C=O) groups excluding carboxylic acids is 4. The second kappa shape index (κ2) is 16.7. The van der Waals surface area contributed by atoms with E-state index in [0.717, 1.165) is 23.5 Å². The molecule has 0 atom stereocenters. The molecule has 276 valence electrons. The Morgan fingerprint density at radius 1 is 0.827 bits per heavy atom. The highest BCUT2D eigenvalue weighted by Crippen LogP contribution is 2.39. The van der Waals surface area contributed by atoms with E-state index in [9.17, 15) is 32.3 Å². The van der Waals surface area contributed by atoms with Crippen LogP contribution in [0, 0.1) is 11.6 Å². The van der Waals surface area contributed by atoms with E-state index in [-0.39, 0.29) is 34.8 Å². The number of rotatable bonds is 13. The average Bonchev–Trinajstić information content (AvgIpc) is 3.64. The molecular formula is C36H32F5NO9S. The van der Waals surface area contributed by atoms with Gasteiger partial charge in [0.1, 0.15) is 6.61 Å². The number of carbonyl (C=O) groups is 4. The molecule has 0 fully saturated rings. The van der Waals surface area contributed by atoms with Crippen LogP contribution in [0.5, 0.6) is 11.5 Å². The largest absolute Gasteiger partial charge is 0.514 e. The lowest BCUT2D eigenvalue weighted by molar-refractivity contribution is -0.167. The molecule has 0 unspecified atom stereocenters. The summed E-state index contributed by atoms with van der Waals surface area (Å²) in [6.45, 7) is 4.67. The molecule has 3 aromatic carbocycles. The average molecular weight is 750 g/mol. The zero-order valence-electron chi connectivity index (χ0n) is 28.1. The van der Waals surface area contributed by atoms with E-state index in [1.807, 2.05) is 0 Å². The van der Waals surface area contributed by atoms with Gasteiger partial charge in [-0.25, -0.2) is 9.18 Å². The maximum absolute atomic E-state index is 15.9. The van der Waals surface area contributed by atoms with Crippen molar-refractivity contribution in [2.45, 2.75) is 45.4 Å². The Morgan fingerprint density at radius 2 is 1.46 bits per heavy atom. The molecular weight excluding hydrogens is 717 g/mol. The molecule has 0 aliphatic rings. The summed E-state index contributed by atoms with van der Waals surface area (Å²) in [5.41, 5.74) is -3.28. The predicted molar refractivity (Wildman–Crippen MR) is 178 cm³/mol. The molecule has 1 amide bonds. The number of benzene rings is 3. The van der Waals surface area contributed by atoms with E-state index in [0.29, 0.717) is 6.07 Å². The van der Waals surface area contributed by atoms with Gasteiger partial charge in [-0.3, -0.25) is 14.4 Å². The molecule has 0 aliphatic carbocycles. The minimum atomic E-state index is -4.58. The first kappa shape index (κ1) is 39.3. The van der Waals surface area contributed by atoms with Gasteiger partial charge in [-0.1, -0.05) is 36.4 Å². The van der Waals surface area contributed by atoms with E-state index >= 15 is 8.78 Å². The highest BCUT2D eigenvalue weighted by atomic mass is 32.1. The molecule has 0 bridgehead atoms. The Labute approximate surface area is 298 Å². The van der Waals surface area contributed by atoms with Gasteiger partial charge >= 0.3 is 24.3 Å². The summed E-state index contributed by atoms with van der Waals surface area (Å²) < 4.78 is 96.3. The van der Waals surface area contributed by atoms with Gasteiger partial charge < -0.3 is 29.0 Å². The van der Waals surface area contributed by atoms with Crippen LogP contribution in [0.4, 0.5) is 32.4 Å². The lowest BCUT2D eigenvalue weighted by Crippen LogP contribution is -2.50. The Hall–Kier alpha value is -5.51. The van der Waals surface area contributed by atoms with Gasteiger partial charge in [-0.05, 0) is 68.5 Å². The van der Waals surface area contributed by atoms with E-state index in [1.54, 1.807) is 11.4 Å². The van der Waals surface area contributed by atoms with E-state index in [4.69, 9.17) is 23.7 Å². The van der Waals surface area contributed by atoms with Gasteiger partial charge in [0.15, 0.2) is 11.6 Å². The third kappa shape index (κ3) is 8.67. The topological polar surface area (TPSA) is 126 Å². The van der Waals surface area contributed by atoms with E-state index in [2.05, 4.69) is 5.32 Å². The van der Waals surface area contributed by atoms with Crippen molar-refractivity contribution in [3.05, 3.63) is 99.7 Å². The molecule has 0 radical (unpaired) electrons. The minimum absolute atomic E-state index is 0.0556. The number of hydrogen-bond donors (Lipinski definition) is 1. The summed E-state index contributed by atoms with van der Waals surface area (Å²) in [6, 6.07) is 13.5. The third-order valence-corrected chi connectivity index (χ3v) is 8.24. The summed E-state index contributed by atoms with van der Waals surface area (Å²) >= 11 is 0.966. The smallest absolute Gasteiger partial charge is 0.486 e. The van der Waals surface area contributed by atoms with Crippen molar-refractivity contribution in [3.63, 3.8) is 0 Å². The first-order valence-corrected chi connectivity index (χ1v) is 16.5. The number of ether oxygens (including phenoxy) is 5. The monoisotopic (exact) mass is 749 g/mol. The second-order valence-corrected chi connectivity index (χ2v) is 12.0. The first-order valence-electron chi connectivity index (χ1n) is 15.6. The van der Waals surface area contributed by atoms with Gasteiger partial charge in [0.25, 0.3) is 5.91 Å². The van der Waals surface area contributed by atoms with Gasteiger partial charge in [0, 0.05) is 16.5 Å². The Morgan fingerprint density at radius 3 is 2.02 bits per heavy atom. The van der Waals surface area contributed by atoms with Gasteiger partial charge in [-0.15, -0.1) is 11.3 Å². The summed E-state index contributed by atoms with van der Waals surface area (Å²) in [7, 11) is 0. The van der Waals surface area contributed by atoms with E-state index in [1.165, 1.54) is 70.2 Å². The quantitative estimate of drug-likeness (QED) is 0.0472. The second-order valence-electron chi connectivity index (χ2n) is 11.1. The zero-order chi connectivity index (χ0) is 38.2. The molecule has 4 aromatic rings. The fourth-order valence-electron chi connectivity index (χ4n) is 4.87. The maximum Gasteiger partial charge on any atom is 0.514 e. The molecule has 1 heterocycles. The predicted octanol–water partition coefficient (Wildman–Crippen LogP) is 8.33. The van der Waals surface area contributed by atoms with Crippen LogP contribution >= 0.6 is 11.3 Å². The standard InChI is InChI=1S/C36H32F5NO9S/c1-5-47-32(44)35(33(45)48-6-2,27-12-9-17-52-27)19-49-34(46)51-29-25(37)18-26(30(28(29)38)50-20(3)4)42-31(43)24-11-8-7-10-23(24)21-13-15-22(16-14-21)36(39,40)41/h7-18,20H,5-6,19H2,1-4H3,(H,42,43). The third-order valence-electron chi connectivity index (χ3n) is 7.21. The van der Waals surface area contributed by atoms with Crippen LogP contribution in [0.25, 0.3) is 11.1 Å². The molecule has 52 heavy (non-hydrogen) atoms. The van der Waals surface area contributed by atoms with Gasteiger partial charge in [-0.2, -0.15) is 17.6 Å². The molecule has 4 rings (SSSR count). The maximum atomic E-state index is 15.9. The molecule has 16 heteroatoms. The van der Waals surface area contributed by atoms with Crippen molar-refractivity contribution in [2.75, 3.05) is 25.1 Å². The van der Waals surface area contributed by atoms with Crippen LogP contribution < -0.4 is 14.8 Å². The van der Waals surface area contributed by atoms with Crippen molar-refractivity contribution in [2.24, 2.45) is 0 Å². The normalized spacial score (nSPS) is 11.5. The van der Waals surface area contributed by atoms with Crippen LogP contribution in [0.3, 0.4) is 0 Å². The molecule has 0 spiro atoms. The number of alkyl halides is 3. The summed E-state index contributed by atoms with van der Waals surface area (Å²) in [5, 5.41) is 3.90. The molecule has 0 aliphatic heterocycles. The first-order chi connectivity index (χ1) is 24.6. The molecule has 1 aromatic heterocycles. The minimum Gasteiger partial charge on any atom is -0.486 e. The number of amides is 1. The number of nitrogens with one attached hydrogen (secondary N) is 1. The number of hydrogen-bond acceptors (Lipinski definition) is 10. The van der Waals surface area contributed by atoms with Gasteiger partial charge in [0.2, 0.25) is 17.0 Å². The fourth-order valence-corrected chi connectivity index (χ4v) is 5.75. The highest BCUT2D eigenvalue weighted by Gasteiger charge is 2.53. The van der Waals surface area contributed by atoms with Crippen LogP contribution in [0.15, 0.2) is 72.1 Å². The Balaban J connectivity index is 1.63. The molecule has 0 saturated carbocycles. The van der Waals surface area contributed by atoms with Crippen LogP contribution in [0.2, 0.25) is 0 Å². The van der Waals surface area contributed by atoms with Crippen molar-refractivity contribution in [3.8, 4) is 22.6 Å².